The molecule has 3 aromatic heterocycles. The molecule has 284 valence electrons. The standard InChI is InChI=1S/C40H45F2N7O5/c1-22-49-29-13-11-23(27-19-43-34(45-27)30-9-8-14-47(30)36(50)53-38(2,3)4)15-25(29)16-31(49)26-12-10-24(17-33(26)52-22)28-20-44-35(46-28)32-18-40(41,42)21-48(32)37(51)54-39(5,6)7/h10-13,15-17,19-20,22,30,32H,8-9,14,18,21H2,1-7H3,(H,43,45)(H,44,46). The van der Waals surface area contributed by atoms with E-state index in [0.717, 1.165) is 62.5 Å². The Labute approximate surface area is 311 Å². The molecule has 2 N–H and O–H groups in total. The summed E-state index contributed by atoms with van der Waals surface area (Å²) < 4.78 is 48.9. The van der Waals surface area contributed by atoms with Gasteiger partial charge in [0.15, 0.2) is 6.23 Å². The summed E-state index contributed by atoms with van der Waals surface area (Å²) >= 11 is 0. The van der Waals surface area contributed by atoms with Crippen LogP contribution in [0.15, 0.2) is 54.9 Å². The number of nitrogens with zero attached hydrogens (tertiary/aromatic N) is 5. The van der Waals surface area contributed by atoms with E-state index in [2.05, 4.69) is 48.8 Å². The van der Waals surface area contributed by atoms with Crippen LogP contribution in [0, 0.1) is 0 Å². The fourth-order valence-corrected chi connectivity index (χ4v) is 7.71. The number of aromatic nitrogens is 5. The normalized spacial score (nSPS) is 20.9. The molecule has 0 spiro atoms. The molecular weight excluding hydrogens is 696 g/mol. The summed E-state index contributed by atoms with van der Waals surface area (Å²) in [6.45, 7) is 12.6. The Balaban J connectivity index is 1.04. The molecule has 3 unspecified atom stereocenters. The number of benzene rings is 2. The molecule has 2 saturated heterocycles. The molecule has 14 heteroatoms. The number of carbonyl (C=O) groups excluding carboxylic acids is 2. The second kappa shape index (κ2) is 12.6. The number of hydrogen-bond donors (Lipinski definition) is 2. The number of amides is 2. The van der Waals surface area contributed by atoms with Gasteiger partial charge in [0, 0.05) is 35.0 Å². The van der Waals surface area contributed by atoms with Crippen LogP contribution in [0.25, 0.3) is 44.7 Å². The third-order valence-electron chi connectivity index (χ3n) is 9.98. The van der Waals surface area contributed by atoms with Crippen molar-refractivity contribution in [3.8, 4) is 39.5 Å². The summed E-state index contributed by atoms with van der Waals surface area (Å²) in [5.41, 5.74) is 4.73. The van der Waals surface area contributed by atoms with Crippen LogP contribution in [-0.4, -0.2) is 76.7 Å². The number of likely N-dealkylation sites (tertiary alicyclic amines) is 2. The molecular formula is C40H45F2N7O5. The van der Waals surface area contributed by atoms with Crippen LogP contribution in [0.5, 0.6) is 5.75 Å². The minimum atomic E-state index is -3.06. The molecule has 2 aromatic carbocycles. The van der Waals surface area contributed by atoms with E-state index < -0.39 is 42.2 Å². The van der Waals surface area contributed by atoms with Crippen LogP contribution >= 0.6 is 0 Å². The van der Waals surface area contributed by atoms with Gasteiger partial charge in [-0.05, 0) is 91.6 Å². The van der Waals surface area contributed by atoms with Gasteiger partial charge in [-0.2, -0.15) is 0 Å². The SMILES string of the molecule is CC1Oc2cc(-c3cnc(C4CC(F)(F)CN4C(=O)OC(C)(C)C)[nH]3)ccc2-c2cc3cc(-c4cnc(C5CCCN5C(=O)OC(C)(C)C)[nH]4)ccc3n21. The van der Waals surface area contributed by atoms with Gasteiger partial charge in [0.1, 0.15) is 28.6 Å². The van der Waals surface area contributed by atoms with Crippen LogP contribution in [-0.2, 0) is 9.47 Å². The molecule has 0 radical (unpaired) electrons. The predicted octanol–water partition coefficient (Wildman–Crippen LogP) is 9.39. The van der Waals surface area contributed by atoms with Crippen molar-refractivity contribution in [1.29, 1.82) is 0 Å². The van der Waals surface area contributed by atoms with Gasteiger partial charge >= 0.3 is 12.2 Å². The van der Waals surface area contributed by atoms with Crippen molar-refractivity contribution in [2.24, 2.45) is 0 Å². The van der Waals surface area contributed by atoms with Crippen LogP contribution in [0.1, 0.15) is 97.7 Å². The van der Waals surface area contributed by atoms with Crippen molar-refractivity contribution >= 4 is 23.1 Å². The third-order valence-corrected chi connectivity index (χ3v) is 9.98. The van der Waals surface area contributed by atoms with Crippen molar-refractivity contribution in [1.82, 2.24) is 34.3 Å². The number of H-pyrrole nitrogens is 2. The van der Waals surface area contributed by atoms with Crippen molar-refractivity contribution < 1.29 is 32.6 Å². The highest BCUT2D eigenvalue weighted by Crippen LogP contribution is 2.45. The van der Waals surface area contributed by atoms with Gasteiger partial charge in [0.2, 0.25) is 0 Å². The Morgan fingerprint density at radius 1 is 0.852 bits per heavy atom. The first-order valence-corrected chi connectivity index (χ1v) is 18.4. The van der Waals surface area contributed by atoms with Gasteiger partial charge in [0.05, 0.1) is 53.6 Å². The number of nitrogens with one attached hydrogen (secondary N) is 2. The Morgan fingerprint density at radius 3 is 2.13 bits per heavy atom. The molecule has 6 heterocycles. The highest BCUT2D eigenvalue weighted by molar-refractivity contribution is 5.92. The summed E-state index contributed by atoms with van der Waals surface area (Å²) in [4.78, 5) is 44.4. The molecule has 3 atom stereocenters. The van der Waals surface area contributed by atoms with E-state index in [1.54, 1.807) is 31.9 Å². The van der Waals surface area contributed by atoms with Crippen LogP contribution < -0.4 is 4.74 Å². The second-order valence-corrected chi connectivity index (χ2v) is 16.5. The summed E-state index contributed by atoms with van der Waals surface area (Å²) in [6, 6.07) is 13.1. The number of aromatic amines is 2. The highest BCUT2D eigenvalue weighted by atomic mass is 19.3. The first kappa shape index (κ1) is 35.6. The number of hydrogen-bond acceptors (Lipinski definition) is 7. The molecule has 0 bridgehead atoms. The minimum absolute atomic E-state index is 0.175. The van der Waals surface area contributed by atoms with Crippen molar-refractivity contribution in [2.75, 3.05) is 13.1 Å². The van der Waals surface area contributed by atoms with E-state index in [1.807, 2.05) is 52.1 Å². The maximum absolute atomic E-state index is 14.6. The minimum Gasteiger partial charge on any atom is -0.470 e. The van der Waals surface area contributed by atoms with E-state index in [4.69, 9.17) is 14.2 Å². The van der Waals surface area contributed by atoms with E-state index in [9.17, 15) is 18.4 Å². The molecule has 2 fully saturated rings. The lowest BCUT2D eigenvalue weighted by Gasteiger charge is -2.28. The maximum atomic E-state index is 14.6. The van der Waals surface area contributed by atoms with Gasteiger partial charge < -0.3 is 28.7 Å². The Morgan fingerprint density at radius 2 is 1.46 bits per heavy atom. The van der Waals surface area contributed by atoms with Gasteiger partial charge in [-0.1, -0.05) is 12.1 Å². The zero-order valence-electron chi connectivity index (χ0n) is 31.5. The van der Waals surface area contributed by atoms with Gasteiger partial charge in [-0.3, -0.25) is 9.80 Å². The predicted molar refractivity (Wildman–Crippen MR) is 198 cm³/mol. The number of carbonyl (C=O) groups is 2. The van der Waals surface area contributed by atoms with Crippen LogP contribution in [0.2, 0.25) is 0 Å². The Bertz CT molecular complexity index is 2260. The van der Waals surface area contributed by atoms with E-state index in [1.165, 1.54) is 0 Å². The van der Waals surface area contributed by atoms with Crippen molar-refractivity contribution in [3.05, 3.63) is 66.5 Å². The molecule has 5 aromatic rings. The molecule has 3 aliphatic rings. The number of halogens is 2. The fraction of sp³-hybridized carbons (Fsp3) is 0.450. The monoisotopic (exact) mass is 741 g/mol. The van der Waals surface area contributed by atoms with Gasteiger partial charge in [-0.25, -0.2) is 28.3 Å². The van der Waals surface area contributed by atoms with Crippen molar-refractivity contribution in [3.63, 3.8) is 0 Å². The van der Waals surface area contributed by atoms with Crippen LogP contribution in [0.3, 0.4) is 0 Å². The van der Waals surface area contributed by atoms with E-state index in [0.29, 0.717) is 18.0 Å². The van der Waals surface area contributed by atoms with Crippen molar-refractivity contribution in [2.45, 2.75) is 103 Å². The molecule has 3 aliphatic heterocycles. The number of fused-ring (bicyclic) bond motifs is 5. The lowest BCUT2D eigenvalue weighted by Crippen LogP contribution is -2.38. The molecule has 0 saturated carbocycles. The number of ether oxygens (including phenoxy) is 3. The average molecular weight is 742 g/mol. The smallest absolute Gasteiger partial charge is 0.411 e. The molecule has 0 aliphatic carbocycles. The second-order valence-electron chi connectivity index (χ2n) is 16.5. The molecule has 2 amide bonds. The zero-order chi connectivity index (χ0) is 38.3. The van der Waals surface area contributed by atoms with Crippen LogP contribution in [0.4, 0.5) is 18.4 Å². The topological polar surface area (TPSA) is 131 Å². The first-order chi connectivity index (χ1) is 25.4. The summed E-state index contributed by atoms with van der Waals surface area (Å²) in [5.74, 6) is -1.38. The number of rotatable bonds is 4. The molecule has 12 nitrogen and oxygen atoms in total. The lowest BCUT2D eigenvalue weighted by molar-refractivity contribution is -0.00248. The van der Waals surface area contributed by atoms with E-state index >= 15 is 0 Å². The van der Waals surface area contributed by atoms with Gasteiger partial charge in [-0.15, -0.1) is 0 Å². The summed E-state index contributed by atoms with van der Waals surface area (Å²) in [7, 11) is 0. The maximum Gasteiger partial charge on any atom is 0.411 e. The molecule has 8 rings (SSSR count). The largest absolute Gasteiger partial charge is 0.470 e. The van der Waals surface area contributed by atoms with E-state index in [-0.39, 0.29) is 24.2 Å². The molecule has 54 heavy (non-hydrogen) atoms. The lowest BCUT2D eigenvalue weighted by atomic mass is 10.0. The fourth-order valence-electron chi connectivity index (χ4n) is 7.71. The number of alkyl halides is 2. The summed E-state index contributed by atoms with van der Waals surface area (Å²) in [6.07, 6.45) is 3.10. The first-order valence-electron chi connectivity index (χ1n) is 18.4. The quantitative estimate of drug-likeness (QED) is 0.188. The van der Waals surface area contributed by atoms with Gasteiger partial charge in [0.25, 0.3) is 5.92 Å². The number of imidazole rings is 2. The zero-order valence-corrected chi connectivity index (χ0v) is 31.5. The average Bonchev–Trinajstić information content (AvgIpc) is 3.91. The summed E-state index contributed by atoms with van der Waals surface area (Å²) in [5, 5.41) is 1.03. The Hall–Kier alpha value is -5.40. The highest BCUT2D eigenvalue weighted by Gasteiger charge is 2.50. The Kier molecular flexibility index (Phi) is 8.31. The third kappa shape index (κ3) is 6.66.